The van der Waals surface area contributed by atoms with E-state index in [0.717, 1.165) is 39.0 Å². The number of sulfonamides is 1. The lowest BCUT2D eigenvalue weighted by Gasteiger charge is -2.34. The van der Waals surface area contributed by atoms with Crippen molar-refractivity contribution in [2.45, 2.75) is 51.2 Å². The molecule has 2 aliphatic heterocycles. The molecule has 2 fully saturated rings. The lowest BCUT2D eigenvalue weighted by molar-refractivity contribution is 0.0703. The summed E-state index contributed by atoms with van der Waals surface area (Å²) >= 11 is 0. The topological polar surface area (TPSA) is 70.7 Å². The van der Waals surface area contributed by atoms with Crippen molar-refractivity contribution >= 4 is 10.0 Å². The molecule has 0 aromatic rings. The van der Waals surface area contributed by atoms with Crippen molar-refractivity contribution in [1.29, 1.82) is 0 Å². The van der Waals surface area contributed by atoms with Gasteiger partial charge >= 0.3 is 0 Å². The van der Waals surface area contributed by atoms with Gasteiger partial charge in [-0.3, -0.25) is 0 Å². The quantitative estimate of drug-likeness (QED) is 0.730. The summed E-state index contributed by atoms with van der Waals surface area (Å²) in [5.74, 6) is 0.203. The Bertz CT molecular complexity index is 402. The van der Waals surface area contributed by atoms with Gasteiger partial charge < -0.3 is 15.4 Å². The lowest BCUT2D eigenvalue weighted by atomic mass is 10.0. The fourth-order valence-corrected chi connectivity index (χ4v) is 4.28. The minimum absolute atomic E-state index is 0.203. The van der Waals surface area contributed by atoms with Crippen LogP contribution in [0.2, 0.25) is 0 Å². The molecule has 21 heavy (non-hydrogen) atoms. The van der Waals surface area contributed by atoms with Crippen LogP contribution in [0, 0.1) is 0 Å². The molecule has 124 valence electrons. The highest BCUT2D eigenvalue weighted by molar-refractivity contribution is 7.89. The molecule has 0 bridgehead atoms. The van der Waals surface area contributed by atoms with E-state index >= 15 is 0 Å². The summed E-state index contributed by atoms with van der Waals surface area (Å²) in [5.41, 5.74) is 0. The van der Waals surface area contributed by atoms with Crippen LogP contribution in [0.5, 0.6) is 0 Å². The van der Waals surface area contributed by atoms with Gasteiger partial charge in [-0.05, 0) is 33.1 Å². The number of hydrogen-bond acceptors (Lipinski definition) is 5. The Morgan fingerprint density at radius 3 is 2.67 bits per heavy atom. The van der Waals surface area contributed by atoms with Gasteiger partial charge in [0.2, 0.25) is 10.0 Å². The van der Waals surface area contributed by atoms with Crippen LogP contribution < -0.4 is 10.6 Å². The predicted molar refractivity (Wildman–Crippen MR) is 83.9 cm³/mol. The van der Waals surface area contributed by atoms with Gasteiger partial charge in [-0.15, -0.1) is 0 Å². The molecule has 2 N–H and O–H groups in total. The minimum Gasteiger partial charge on any atom is -0.379 e. The molecule has 2 aliphatic rings. The number of hydrogen-bond donors (Lipinski definition) is 2. The molecule has 2 unspecified atom stereocenters. The molecule has 0 aliphatic carbocycles. The van der Waals surface area contributed by atoms with Gasteiger partial charge in [-0.1, -0.05) is 0 Å². The van der Waals surface area contributed by atoms with E-state index in [4.69, 9.17) is 4.74 Å². The molecule has 0 radical (unpaired) electrons. The Balaban J connectivity index is 1.70. The molecule has 2 saturated heterocycles. The van der Waals surface area contributed by atoms with Crippen LogP contribution in [-0.2, 0) is 14.8 Å². The van der Waals surface area contributed by atoms with E-state index in [1.165, 1.54) is 0 Å². The lowest BCUT2D eigenvalue weighted by Crippen LogP contribution is -2.50. The van der Waals surface area contributed by atoms with Crippen molar-refractivity contribution in [2.24, 2.45) is 0 Å². The van der Waals surface area contributed by atoms with Gasteiger partial charge in [0.25, 0.3) is 0 Å². The van der Waals surface area contributed by atoms with E-state index in [1.54, 1.807) is 11.2 Å². The van der Waals surface area contributed by atoms with Gasteiger partial charge in [0.1, 0.15) is 0 Å². The van der Waals surface area contributed by atoms with Gasteiger partial charge in [0.05, 0.1) is 19.0 Å². The third kappa shape index (κ3) is 5.17. The van der Waals surface area contributed by atoms with Crippen LogP contribution in [0.15, 0.2) is 0 Å². The highest BCUT2D eigenvalue weighted by Gasteiger charge is 2.27. The van der Waals surface area contributed by atoms with Crippen molar-refractivity contribution in [3.63, 3.8) is 0 Å². The van der Waals surface area contributed by atoms with E-state index in [2.05, 4.69) is 17.6 Å². The maximum absolute atomic E-state index is 11.8. The smallest absolute Gasteiger partial charge is 0.213 e. The van der Waals surface area contributed by atoms with Crippen LogP contribution in [0.25, 0.3) is 0 Å². The maximum Gasteiger partial charge on any atom is 0.213 e. The summed E-state index contributed by atoms with van der Waals surface area (Å²) < 4.78 is 30.8. The molecule has 6 nitrogen and oxygen atoms in total. The van der Waals surface area contributed by atoms with Crippen LogP contribution in [0.4, 0.5) is 0 Å². The maximum atomic E-state index is 11.8. The summed E-state index contributed by atoms with van der Waals surface area (Å²) in [6.45, 7) is 7.73. The molecule has 7 heteroatoms. The van der Waals surface area contributed by atoms with Crippen LogP contribution in [-0.4, -0.2) is 69.4 Å². The Kier molecular flexibility index (Phi) is 6.43. The average molecular weight is 319 g/mol. The number of nitrogens with one attached hydrogen (secondary N) is 2. The summed E-state index contributed by atoms with van der Waals surface area (Å²) in [6, 6.07) is 1.28. The molecule has 0 saturated carbocycles. The normalized spacial score (nSPS) is 27.6. The van der Waals surface area contributed by atoms with Crippen LogP contribution in [0.3, 0.4) is 0 Å². The van der Waals surface area contributed by atoms with Crippen molar-refractivity contribution < 1.29 is 13.2 Å². The fraction of sp³-hybridized carbons (Fsp3) is 1.00. The molecular weight excluding hydrogens is 290 g/mol. The Morgan fingerprint density at radius 2 is 2.10 bits per heavy atom. The first-order chi connectivity index (χ1) is 10.0. The number of ether oxygens (including phenoxy) is 1. The number of piperidine rings is 1. The van der Waals surface area contributed by atoms with Gasteiger partial charge in [-0.2, -0.15) is 0 Å². The Morgan fingerprint density at radius 1 is 1.38 bits per heavy atom. The number of rotatable bonds is 6. The first-order valence-corrected chi connectivity index (χ1v) is 9.67. The second kappa shape index (κ2) is 7.87. The average Bonchev–Trinajstić information content (AvgIpc) is 2.48. The Hall–Kier alpha value is -0.210. The third-order valence-electron chi connectivity index (χ3n) is 4.37. The Labute approximate surface area is 128 Å². The predicted octanol–water partition coefficient (Wildman–Crippen LogP) is 0.157. The van der Waals surface area contributed by atoms with E-state index in [0.29, 0.717) is 31.2 Å². The standard InChI is InChI=1S/C14H29N3O3S/c1-3-21(18,19)17-7-4-13(5-8-17)16-12(2)10-14-11-20-9-6-15-14/h12-16H,3-11H2,1-2H3. The van der Waals surface area contributed by atoms with Crippen molar-refractivity contribution in [2.75, 3.05) is 38.6 Å². The molecule has 0 spiro atoms. The van der Waals surface area contributed by atoms with Crippen molar-refractivity contribution in [3.05, 3.63) is 0 Å². The SMILES string of the molecule is CCS(=O)(=O)N1CCC(NC(C)CC2COCCN2)CC1. The molecule has 0 aromatic heterocycles. The van der Waals surface area contributed by atoms with E-state index in [-0.39, 0.29) is 5.75 Å². The second-order valence-corrected chi connectivity index (χ2v) is 8.36. The summed E-state index contributed by atoms with van der Waals surface area (Å²) in [5, 5.41) is 7.11. The third-order valence-corrected chi connectivity index (χ3v) is 6.25. The van der Waals surface area contributed by atoms with Crippen LogP contribution >= 0.6 is 0 Å². The molecule has 0 amide bonds. The molecule has 2 rings (SSSR count). The van der Waals surface area contributed by atoms with Gasteiger partial charge in [-0.25, -0.2) is 12.7 Å². The largest absolute Gasteiger partial charge is 0.379 e. The van der Waals surface area contributed by atoms with Crippen LogP contribution in [0.1, 0.15) is 33.1 Å². The van der Waals surface area contributed by atoms with Crippen molar-refractivity contribution in [3.8, 4) is 0 Å². The molecular formula is C14H29N3O3S. The highest BCUT2D eigenvalue weighted by Crippen LogP contribution is 2.15. The molecule has 2 heterocycles. The second-order valence-electron chi connectivity index (χ2n) is 6.10. The zero-order chi connectivity index (χ0) is 15.3. The summed E-state index contributed by atoms with van der Waals surface area (Å²) in [4.78, 5) is 0. The van der Waals surface area contributed by atoms with Crippen molar-refractivity contribution in [1.82, 2.24) is 14.9 Å². The van der Waals surface area contributed by atoms with Gasteiger partial charge in [0.15, 0.2) is 0 Å². The highest BCUT2D eigenvalue weighted by atomic mass is 32.2. The zero-order valence-corrected chi connectivity index (χ0v) is 14.0. The number of nitrogens with zero attached hydrogens (tertiary/aromatic N) is 1. The molecule has 2 atom stereocenters. The monoisotopic (exact) mass is 319 g/mol. The first-order valence-electron chi connectivity index (χ1n) is 8.06. The van der Waals surface area contributed by atoms with Gasteiger partial charge in [0, 0.05) is 37.8 Å². The number of morpholine rings is 1. The van der Waals surface area contributed by atoms with E-state index < -0.39 is 10.0 Å². The fourth-order valence-electron chi connectivity index (χ4n) is 3.15. The summed E-state index contributed by atoms with van der Waals surface area (Å²) in [7, 11) is -3.02. The summed E-state index contributed by atoms with van der Waals surface area (Å²) in [6.07, 6.45) is 2.85. The zero-order valence-electron chi connectivity index (χ0n) is 13.2. The molecule has 0 aromatic carbocycles. The minimum atomic E-state index is -3.02. The first kappa shape index (κ1) is 17.1. The van der Waals surface area contributed by atoms with E-state index in [1.807, 2.05) is 0 Å². The van der Waals surface area contributed by atoms with E-state index in [9.17, 15) is 8.42 Å².